The molecular formula is C9H7FN4O2. The van der Waals surface area contributed by atoms with Crippen LogP contribution < -0.4 is 0 Å². The van der Waals surface area contributed by atoms with Crippen LogP contribution in [-0.4, -0.2) is 17.8 Å². The first-order chi connectivity index (χ1) is 7.68. The van der Waals surface area contributed by atoms with Crippen molar-refractivity contribution in [3.63, 3.8) is 0 Å². The van der Waals surface area contributed by atoms with Crippen molar-refractivity contribution in [2.75, 3.05) is 6.67 Å². The topological polar surface area (TPSA) is 80.2 Å². The van der Waals surface area contributed by atoms with E-state index in [-0.39, 0.29) is 5.69 Å². The number of rotatable bonds is 3. The van der Waals surface area contributed by atoms with E-state index in [9.17, 15) is 14.5 Å². The number of benzene rings is 1. The molecule has 0 fully saturated rings. The molecule has 0 spiro atoms. The SMILES string of the molecule is O=[N+]([O-])c1ccc(C2(CF)C=NN=N2)cc1. The van der Waals surface area contributed by atoms with Crippen molar-refractivity contribution in [2.24, 2.45) is 15.4 Å². The maximum absolute atomic E-state index is 12.9. The third kappa shape index (κ3) is 1.56. The summed E-state index contributed by atoms with van der Waals surface area (Å²) in [5.74, 6) is 0. The monoisotopic (exact) mass is 222 g/mol. The fourth-order valence-electron chi connectivity index (χ4n) is 1.40. The molecule has 0 saturated heterocycles. The molecule has 1 atom stereocenters. The summed E-state index contributed by atoms with van der Waals surface area (Å²) in [5.41, 5.74) is -0.773. The third-order valence-electron chi connectivity index (χ3n) is 2.33. The molecule has 0 aromatic heterocycles. The van der Waals surface area contributed by atoms with Crippen molar-refractivity contribution in [2.45, 2.75) is 5.54 Å². The van der Waals surface area contributed by atoms with Crippen LogP contribution in [0.5, 0.6) is 0 Å². The molecule has 82 valence electrons. The second kappa shape index (κ2) is 3.76. The van der Waals surface area contributed by atoms with Crippen LogP contribution in [0.3, 0.4) is 0 Å². The molecule has 7 heteroatoms. The van der Waals surface area contributed by atoms with E-state index < -0.39 is 17.1 Å². The number of nitro groups is 1. The summed E-state index contributed by atoms with van der Waals surface area (Å²) in [6.45, 7) is -0.780. The van der Waals surface area contributed by atoms with Gasteiger partial charge in [0.25, 0.3) is 5.69 Å². The second-order valence-electron chi connectivity index (χ2n) is 3.30. The van der Waals surface area contributed by atoms with Crippen LogP contribution in [0, 0.1) is 10.1 Å². The molecule has 1 aromatic carbocycles. The first-order valence-electron chi connectivity index (χ1n) is 4.45. The van der Waals surface area contributed by atoms with Gasteiger partial charge in [0.15, 0.2) is 5.54 Å². The van der Waals surface area contributed by atoms with E-state index in [1.807, 2.05) is 0 Å². The van der Waals surface area contributed by atoms with Gasteiger partial charge in [0.05, 0.1) is 11.1 Å². The van der Waals surface area contributed by atoms with E-state index in [1.165, 1.54) is 30.5 Å². The highest BCUT2D eigenvalue weighted by Gasteiger charge is 2.34. The molecule has 1 unspecified atom stereocenters. The molecule has 0 bridgehead atoms. The molecule has 1 aliphatic heterocycles. The lowest BCUT2D eigenvalue weighted by Crippen LogP contribution is -2.25. The molecule has 0 radical (unpaired) electrons. The van der Waals surface area contributed by atoms with Crippen LogP contribution >= 0.6 is 0 Å². The molecule has 0 N–H and O–H groups in total. The van der Waals surface area contributed by atoms with Gasteiger partial charge in [-0.15, -0.1) is 10.2 Å². The predicted octanol–water partition coefficient (Wildman–Crippen LogP) is 2.21. The predicted molar refractivity (Wildman–Crippen MR) is 54.1 cm³/mol. The number of alkyl halides is 1. The first kappa shape index (κ1) is 10.3. The Morgan fingerprint density at radius 1 is 1.38 bits per heavy atom. The van der Waals surface area contributed by atoms with E-state index in [1.54, 1.807) is 0 Å². The summed E-state index contributed by atoms with van der Waals surface area (Å²) in [7, 11) is 0. The van der Waals surface area contributed by atoms with Gasteiger partial charge >= 0.3 is 0 Å². The van der Waals surface area contributed by atoms with Crippen molar-refractivity contribution < 1.29 is 9.31 Å². The van der Waals surface area contributed by atoms with E-state index in [4.69, 9.17) is 0 Å². The van der Waals surface area contributed by atoms with Crippen molar-refractivity contribution >= 4 is 11.9 Å². The van der Waals surface area contributed by atoms with Gasteiger partial charge in [0.1, 0.15) is 6.67 Å². The second-order valence-corrected chi connectivity index (χ2v) is 3.30. The van der Waals surface area contributed by atoms with Gasteiger partial charge in [-0.3, -0.25) is 10.1 Å². The number of hydrogen-bond donors (Lipinski definition) is 0. The minimum Gasteiger partial charge on any atom is -0.258 e. The van der Waals surface area contributed by atoms with Gasteiger partial charge < -0.3 is 0 Å². The molecule has 0 saturated carbocycles. The lowest BCUT2D eigenvalue weighted by atomic mass is 9.93. The summed E-state index contributed by atoms with van der Waals surface area (Å²) in [6.07, 6.45) is 1.29. The van der Waals surface area contributed by atoms with Gasteiger partial charge in [0, 0.05) is 12.1 Å². The Bertz CT molecular complexity index is 457. The summed E-state index contributed by atoms with van der Waals surface area (Å²) in [4.78, 5) is 9.93. The standard InChI is InChI=1S/C9H7FN4O2/c10-5-9(6-11-13-12-9)7-1-3-8(4-2-7)14(15)16/h1-4,6H,5H2. The largest absolute Gasteiger partial charge is 0.269 e. The van der Waals surface area contributed by atoms with E-state index in [0.717, 1.165) is 0 Å². The van der Waals surface area contributed by atoms with Crippen LogP contribution in [0.2, 0.25) is 0 Å². The Morgan fingerprint density at radius 2 is 2.06 bits per heavy atom. The zero-order valence-electron chi connectivity index (χ0n) is 8.08. The zero-order valence-corrected chi connectivity index (χ0v) is 8.08. The average molecular weight is 222 g/mol. The number of halogens is 1. The van der Waals surface area contributed by atoms with Gasteiger partial charge in [-0.25, -0.2) is 4.39 Å². The summed E-state index contributed by atoms with van der Waals surface area (Å²) in [5, 5.41) is 21.0. The highest BCUT2D eigenvalue weighted by Crippen LogP contribution is 2.29. The molecule has 1 heterocycles. The van der Waals surface area contributed by atoms with Crippen molar-refractivity contribution in [1.29, 1.82) is 0 Å². The number of nitrogens with zero attached hydrogens (tertiary/aromatic N) is 4. The smallest absolute Gasteiger partial charge is 0.258 e. The quantitative estimate of drug-likeness (QED) is 0.580. The summed E-state index contributed by atoms with van der Waals surface area (Å²) < 4.78 is 12.9. The van der Waals surface area contributed by atoms with Crippen molar-refractivity contribution in [3.05, 3.63) is 39.9 Å². The van der Waals surface area contributed by atoms with Gasteiger partial charge in [-0.05, 0) is 22.9 Å². The molecular weight excluding hydrogens is 215 g/mol. The summed E-state index contributed by atoms with van der Waals surface area (Å²) >= 11 is 0. The highest BCUT2D eigenvalue weighted by molar-refractivity contribution is 5.74. The fourth-order valence-corrected chi connectivity index (χ4v) is 1.40. The van der Waals surface area contributed by atoms with E-state index in [0.29, 0.717) is 5.56 Å². The van der Waals surface area contributed by atoms with Gasteiger partial charge in [-0.1, -0.05) is 0 Å². The number of hydrogen-bond acceptors (Lipinski definition) is 5. The van der Waals surface area contributed by atoms with Crippen LogP contribution in [0.15, 0.2) is 39.7 Å². The Labute approximate surface area is 89.7 Å². The Hall–Kier alpha value is -2.18. The van der Waals surface area contributed by atoms with Crippen LogP contribution in [0.4, 0.5) is 10.1 Å². The minimum atomic E-state index is -1.21. The Morgan fingerprint density at radius 3 is 2.50 bits per heavy atom. The molecule has 1 aromatic rings. The lowest BCUT2D eigenvalue weighted by Gasteiger charge is -2.16. The number of nitro benzene ring substituents is 1. The van der Waals surface area contributed by atoms with Crippen LogP contribution in [0.25, 0.3) is 0 Å². The lowest BCUT2D eigenvalue weighted by molar-refractivity contribution is -0.384. The maximum Gasteiger partial charge on any atom is 0.269 e. The maximum atomic E-state index is 12.9. The Balaban J connectivity index is 2.38. The first-order valence-corrected chi connectivity index (χ1v) is 4.45. The van der Waals surface area contributed by atoms with Crippen LogP contribution in [-0.2, 0) is 5.54 Å². The van der Waals surface area contributed by atoms with Gasteiger partial charge in [0.2, 0.25) is 0 Å². The molecule has 2 rings (SSSR count). The molecule has 0 aliphatic carbocycles. The number of non-ortho nitro benzene ring substituents is 1. The zero-order chi connectivity index (χ0) is 11.6. The van der Waals surface area contributed by atoms with Crippen molar-refractivity contribution in [1.82, 2.24) is 0 Å². The normalized spacial score (nSPS) is 22.6. The fraction of sp³-hybridized carbons (Fsp3) is 0.222. The average Bonchev–Trinajstić information content (AvgIpc) is 2.79. The van der Waals surface area contributed by atoms with Crippen molar-refractivity contribution in [3.8, 4) is 0 Å². The molecule has 1 aliphatic rings. The summed E-state index contributed by atoms with van der Waals surface area (Å²) in [6, 6.07) is 5.50. The third-order valence-corrected chi connectivity index (χ3v) is 2.33. The molecule has 0 amide bonds. The minimum absolute atomic E-state index is 0.0513. The van der Waals surface area contributed by atoms with E-state index >= 15 is 0 Å². The van der Waals surface area contributed by atoms with Gasteiger partial charge in [-0.2, -0.15) is 0 Å². The highest BCUT2D eigenvalue weighted by atomic mass is 19.1. The van der Waals surface area contributed by atoms with E-state index in [2.05, 4.69) is 15.4 Å². The molecule has 6 nitrogen and oxygen atoms in total. The molecule has 16 heavy (non-hydrogen) atoms. The Kier molecular flexibility index (Phi) is 2.43. The van der Waals surface area contributed by atoms with Crippen LogP contribution in [0.1, 0.15) is 5.56 Å².